The Hall–Kier alpha value is -3.77. The number of aromatic nitrogens is 1. The maximum atomic E-state index is 9.39. The highest BCUT2D eigenvalue weighted by Gasteiger charge is 2.38. The van der Waals surface area contributed by atoms with Crippen LogP contribution in [0.4, 0.5) is 0 Å². The van der Waals surface area contributed by atoms with Gasteiger partial charge in [0.05, 0.1) is 17.1 Å². The molecular weight excluding hydrogens is 351 g/mol. The number of hydrogen-bond donors (Lipinski definition) is 0. The third-order valence-corrected chi connectivity index (χ3v) is 6.71. The molecule has 0 unspecified atom stereocenters. The van der Waals surface area contributed by atoms with E-state index in [1.165, 1.54) is 55.0 Å². The predicted molar refractivity (Wildman–Crippen MR) is 119 cm³/mol. The van der Waals surface area contributed by atoms with Crippen LogP contribution < -0.4 is 16.4 Å². The van der Waals surface area contributed by atoms with Crippen molar-refractivity contribution >= 4 is 44.9 Å². The van der Waals surface area contributed by atoms with Gasteiger partial charge in [0.2, 0.25) is 6.71 Å². The summed E-state index contributed by atoms with van der Waals surface area (Å²) in [4.78, 5) is 0. The second-order valence-corrected chi connectivity index (χ2v) is 8.08. The highest BCUT2D eigenvalue weighted by atomic mass is 15.0. The first-order chi connectivity index (χ1) is 14.3. The van der Waals surface area contributed by atoms with Gasteiger partial charge in [-0.15, -0.1) is 0 Å². The van der Waals surface area contributed by atoms with Gasteiger partial charge in [-0.3, -0.25) is 0 Å². The van der Waals surface area contributed by atoms with Gasteiger partial charge < -0.3 is 4.57 Å². The van der Waals surface area contributed by atoms with Gasteiger partial charge in [0.25, 0.3) is 0 Å². The highest BCUT2D eigenvalue weighted by molar-refractivity contribution is 6.98. The number of rotatable bonds is 0. The lowest BCUT2D eigenvalue weighted by molar-refractivity contribution is 1.16. The molecule has 0 N–H and O–H groups in total. The number of fused-ring (bicyclic) bond motifs is 8. The molecule has 0 amide bonds. The van der Waals surface area contributed by atoms with E-state index in [0.29, 0.717) is 0 Å². The highest BCUT2D eigenvalue weighted by Crippen LogP contribution is 2.35. The van der Waals surface area contributed by atoms with Crippen LogP contribution in [0, 0.1) is 11.3 Å². The molecule has 7 rings (SSSR count). The normalized spacial score (nSPS) is 13.3. The average molecular weight is 366 g/mol. The van der Waals surface area contributed by atoms with Crippen LogP contribution in [0.3, 0.4) is 0 Å². The lowest BCUT2D eigenvalue weighted by Crippen LogP contribution is -2.60. The van der Waals surface area contributed by atoms with E-state index >= 15 is 0 Å². The summed E-state index contributed by atoms with van der Waals surface area (Å²) < 4.78 is 2.46. The summed E-state index contributed by atoms with van der Waals surface area (Å²) in [6, 6.07) is 30.6. The molecule has 0 spiro atoms. The van der Waals surface area contributed by atoms with E-state index in [1.807, 2.05) is 6.07 Å². The summed E-state index contributed by atoms with van der Waals surface area (Å²) in [5, 5.41) is 12.0. The van der Waals surface area contributed by atoms with E-state index in [-0.39, 0.29) is 6.71 Å². The van der Waals surface area contributed by atoms with Crippen LogP contribution in [0.25, 0.3) is 27.5 Å². The molecule has 0 saturated heterocycles. The van der Waals surface area contributed by atoms with Gasteiger partial charge >= 0.3 is 0 Å². The van der Waals surface area contributed by atoms with Crippen LogP contribution in [0.5, 0.6) is 0 Å². The summed E-state index contributed by atoms with van der Waals surface area (Å²) in [6.45, 7) is 0.221. The Morgan fingerprint density at radius 3 is 2.59 bits per heavy atom. The maximum absolute atomic E-state index is 9.39. The topological polar surface area (TPSA) is 28.7 Å². The number of benzene rings is 4. The molecule has 0 fully saturated rings. The van der Waals surface area contributed by atoms with Gasteiger partial charge in [0.15, 0.2) is 0 Å². The Morgan fingerprint density at radius 1 is 0.793 bits per heavy atom. The average Bonchev–Trinajstić information content (AvgIpc) is 3.12. The predicted octanol–water partition coefficient (Wildman–Crippen LogP) is 3.39. The monoisotopic (exact) mass is 366 g/mol. The van der Waals surface area contributed by atoms with E-state index in [4.69, 9.17) is 0 Å². The van der Waals surface area contributed by atoms with Crippen molar-refractivity contribution in [3.63, 3.8) is 0 Å². The molecular formula is C26H15BN2. The van der Waals surface area contributed by atoms with Crippen LogP contribution >= 0.6 is 0 Å². The Balaban J connectivity index is 1.71. The van der Waals surface area contributed by atoms with Crippen molar-refractivity contribution in [3.05, 3.63) is 95.6 Å². The van der Waals surface area contributed by atoms with Crippen molar-refractivity contribution < 1.29 is 0 Å². The third kappa shape index (κ3) is 1.77. The summed E-state index contributed by atoms with van der Waals surface area (Å²) in [5.41, 5.74) is 11.4. The van der Waals surface area contributed by atoms with Crippen LogP contribution in [0.15, 0.2) is 78.9 Å². The first-order valence-corrected chi connectivity index (χ1v) is 10.0. The smallest absolute Gasteiger partial charge is 0.247 e. The number of nitrogens with zero attached hydrogens (tertiary/aromatic N) is 2. The SMILES string of the molecule is N#Cc1ccc2c(c1)Cc1ccc3c4ccccc4n4c3c1B2c1ccccc1-4. The third-order valence-electron chi connectivity index (χ3n) is 6.71. The van der Waals surface area contributed by atoms with Crippen molar-refractivity contribution in [2.75, 3.05) is 0 Å². The largest absolute Gasteiger partial charge is 0.310 e. The van der Waals surface area contributed by atoms with E-state index in [1.54, 1.807) is 0 Å². The lowest BCUT2D eigenvalue weighted by atomic mass is 9.32. The summed E-state index contributed by atoms with van der Waals surface area (Å²) in [6.07, 6.45) is 0.885. The van der Waals surface area contributed by atoms with Crippen molar-refractivity contribution in [1.82, 2.24) is 4.57 Å². The molecule has 29 heavy (non-hydrogen) atoms. The number of para-hydroxylation sites is 2. The molecule has 2 aliphatic heterocycles. The van der Waals surface area contributed by atoms with Crippen molar-refractivity contribution in [2.45, 2.75) is 6.42 Å². The van der Waals surface area contributed by atoms with Gasteiger partial charge in [-0.05, 0) is 52.7 Å². The van der Waals surface area contributed by atoms with Gasteiger partial charge in [0.1, 0.15) is 0 Å². The molecule has 0 bridgehead atoms. The molecule has 0 aliphatic carbocycles. The minimum atomic E-state index is 0.221. The fourth-order valence-electron chi connectivity index (χ4n) is 5.58. The first-order valence-electron chi connectivity index (χ1n) is 10.0. The minimum Gasteiger partial charge on any atom is -0.310 e. The zero-order valence-electron chi connectivity index (χ0n) is 15.7. The molecule has 2 aliphatic rings. The quantitative estimate of drug-likeness (QED) is 0.378. The molecule has 0 radical (unpaired) electrons. The van der Waals surface area contributed by atoms with E-state index in [2.05, 4.69) is 83.4 Å². The first kappa shape index (κ1) is 15.2. The summed E-state index contributed by atoms with van der Waals surface area (Å²) in [5.74, 6) is 0. The van der Waals surface area contributed by atoms with Crippen LogP contribution in [0.2, 0.25) is 0 Å². The second kappa shape index (κ2) is 5.18. The Labute approximate surface area is 168 Å². The molecule has 1 aromatic heterocycles. The Morgan fingerprint density at radius 2 is 1.66 bits per heavy atom. The molecule has 132 valence electrons. The zero-order valence-corrected chi connectivity index (χ0v) is 15.7. The fraction of sp³-hybridized carbons (Fsp3) is 0.0385. The summed E-state index contributed by atoms with van der Waals surface area (Å²) in [7, 11) is 0. The Bertz CT molecular complexity index is 1550. The van der Waals surface area contributed by atoms with Gasteiger partial charge in [-0.1, -0.05) is 60.1 Å². The van der Waals surface area contributed by atoms with Gasteiger partial charge in [-0.2, -0.15) is 5.26 Å². The van der Waals surface area contributed by atoms with Crippen molar-refractivity contribution in [2.24, 2.45) is 0 Å². The zero-order chi connectivity index (χ0) is 19.1. The molecule has 2 nitrogen and oxygen atoms in total. The van der Waals surface area contributed by atoms with E-state index in [9.17, 15) is 5.26 Å². The Kier molecular flexibility index (Phi) is 2.72. The van der Waals surface area contributed by atoms with Crippen LogP contribution in [-0.2, 0) is 6.42 Å². The lowest BCUT2D eigenvalue weighted by Gasteiger charge is -2.33. The molecule has 3 heterocycles. The van der Waals surface area contributed by atoms with Gasteiger partial charge in [0, 0.05) is 22.0 Å². The number of hydrogen-bond acceptors (Lipinski definition) is 1. The maximum Gasteiger partial charge on any atom is 0.247 e. The van der Waals surface area contributed by atoms with Crippen LogP contribution in [-0.4, -0.2) is 11.3 Å². The van der Waals surface area contributed by atoms with Crippen LogP contribution in [0.1, 0.15) is 16.7 Å². The van der Waals surface area contributed by atoms with Gasteiger partial charge in [-0.25, -0.2) is 0 Å². The molecule has 0 atom stereocenters. The molecule has 5 aromatic rings. The van der Waals surface area contributed by atoms with Crippen molar-refractivity contribution in [3.8, 4) is 11.8 Å². The second-order valence-electron chi connectivity index (χ2n) is 8.08. The fourth-order valence-corrected chi connectivity index (χ4v) is 5.58. The van der Waals surface area contributed by atoms with E-state index < -0.39 is 0 Å². The van der Waals surface area contributed by atoms with Crippen molar-refractivity contribution in [1.29, 1.82) is 5.26 Å². The minimum absolute atomic E-state index is 0.221. The molecule has 3 heteroatoms. The standard InChI is InChI=1S/C26H15BN2/c28-15-16-9-12-21-18(13-16)14-17-10-11-20-19-5-1-3-7-23(19)29-24-8-4-2-6-22(24)27(21)25(17)26(20)29/h1-13H,14H2. The molecule has 0 saturated carbocycles. The summed E-state index contributed by atoms with van der Waals surface area (Å²) >= 11 is 0. The molecule has 4 aromatic carbocycles. The van der Waals surface area contributed by atoms with E-state index in [0.717, 1.165) is 12.0 Å². The number of nitriles is 1.